The molecule has 0 aliphatic heterocycles. The van der Waals surface area contributed by atoms with Gasteiger partial charge in [0.2, 0.25) is 0 Å². The van der Waals surface area contributed by atoms with Crippen LogP contribution in [0.4, 0.5) is 0 Å². The van der Waals surface area contributed by atoms with Gasteiger partial charge in [-0.15, -0.1) is 0 Å². The van der Waals surface area contributed by atoms with Gasteiger partial charge in [0.25, 0.3) is 5.91 Å². The summed E-state index contributed by atoms with van der Waals surface area (Å²) in [5, 5.41) is 9.66. The lowest BCUT2D eigenvalue weighted by atomic mass is 10.2. The first-order valence-corrected chi connectivity index (χ1v) is 7.21. The van der Waals surface area contributed by atoms with Gasteiger partial charge in [0.1, 0.15) is 18.1 Å². The second-order valence-electron chi connectivity index (χ2n) is 4.95. The van der Waals surface area contributed by atoms with Gasteiger partial charge in [-0.25, -0.2) is 0 Å². The minimum absolute atomic E-state index is 0.180. The highest BCUT2D eigenvalue weighted by molar-refractivity contribution is 5.92. The molecule has 1 aromatic carbocycles. The average Bonchev–Trinajstić information content (AvgIpc) is 2.94. The fraction of sp³-hybridized carbons (Fsp3) is 0.375. The first-order chi connectivity index (χ1) is 10.2. The Hall–Kier alpha value is -2.30. The van der Waals surface area contributed by atoms with Crippen LogP contribution in [0.2, 0.25) is 0 Å². The minimum Gasteiger partial charge on any atom is -0.492 e. The summed E-state index contributed by atoms with van der Waals surface area (Å²) >= 11 is 0. The Labute approximate surface area is 124 Å². The van der Waals surface area contributed by atoms with E-state index in [-0.39, 0.29) is 5.91 Å². The number of H-pyrrole nitrogens is 1. The quantitative estimate of drug-likeness (QED) is 0.769. The van der Waals surface area contributed by atoms with E-state index in [2.05, 4.69) is 22.4 Å². The second kappa shape index (κ2) is 7.47. The zero-order valence-electron chi connectivity index (χ0n) is 12.5. The SMILES string of the molecule is CCCc1cc(C(=O)NCCOc2ccc(C)cc2)n[nH]1. The van der Waals surface area contributed by atoms with E-state index in [1.165, 1.54) is 5.56 Å². The number of aromatic nitrogens is 2. The summed E-state index contributed by atoms with van der Waals surface area (Å²) in [6.45, 7) is 4.99. The fourth-order valence-electron chi connectivity index (χ4n) is 1.93. The van der Waals surface area contributed by atoms with E-state index in [4.69, 9.17) is 4.74 Å². The van der Waals surface area contributed by atoms with Crippen molar-refractivity contribution in [1.29, 1.82) is 0 Å². The van der Waals surface area contributed by atoms with E-state index >= 15 is 0 Å². The molecule has 2 rings (SSSR count). The number of aromatic amines is 1. The van der Waals surface area contributed by atoms with Crippen LogP contribution in [0.25, 0.3) is 0 Å². The van der Waals surface area contributed by atoms with E-state index in [0.29, 0.717) is 18.8 Å². The monoisotopic (exact) mass is 287 g/mol. The maximum Gasteiger partial charge on any atom is 0.271 e. The third-order valence-corrected chi connectivity index (χ3v) is 3.06. The Bertz CT molecular complexity index is 575. The molecule has 0 saturated heterocycles. The van der Waals surface area contributed by atoms with Gasteiger partial charge in [-0.1, -0.05) is 31.0 Å². The molecule has 1 heterocycles. The van der Waals surface area contributed by atoms with Gasteiger partial charge in [0, 0.05) is 5.69 Å². The molecule has 1 aromatic heterocycles. The van der Waals surface area contributed by atoms with Crippen molar-refractivity contribution in [3.63, 3.8) is 0 Å². The van der Waals surface area contributed by atoms with E-state index in [9.17, 15) is 4.79 Å². The topological polar surface area (TPSA) is 67.0 Å². The van der Waals surface area contributed by atoms with Crippen LogP contribution in [0.15, 0.2) is 30.3 Å². The summed E-state index contributed by atoms with van der Waals surface area (Å²) in [5.41, 5.74) is 2.60. The molecule has 21 heavy (non-hydrogen) atoms. The average molecular weight is 287 g/mol. The number of hydrogen-bond acceptors (Lipinski definition) is 3. The van der Waals surface area contributed by atoms with Crippen molar-refractivity contribution >= 4 is 5.91 Å². The van der Waals surface area contributed by atoms with Crippen LogP contribution in [0, 0.1) is 6.92 Å². The number of aryl methyl sites for hydroxylation is 2. The molecule has 0 spiro atoms. The van der Waals surface area contributed by atoms with E-state index in [0.717, 1.165) is 24.3 Å². The lowest BCUT2D eigenvalue weighted by Gasteiger charge is -2.07. The fourth-order valence-corrected chi connectivity index (χ4v) is 1.93. The van der Waals surface area contributed by atoms with Gasteiger partial charge in [-0.05, 0) is 31.5 Å². The number of nitrogens with one attached hydrogen (secondary N) is 2. The number of ether oxygens (including phenoxy) is 1. The summed E-state index contributed by atoms with van der Waals surface area (Å²) < 4.78 is 5.55. The molecule has 0 fully saturated rings. The van der Waals surface area contributed by atoms with Crippen molar-refractivity contribution < 1.29 is 9.53 Å². The zero-order chi connectivity index (χ0) is 15.1. The Balaban J connectivity index is 1.72. The number of carbonyl (C=O) groups excluding carboxylic acids is 1. The Morgan fingerprint density at radius 3 is 2.81 bits per heavy atom. The molecule has 0 aliphatic carbocycles. The standard InChI is InChI=1S/C16H21N3O2/c1-3-4-13-11-15(19-18-13)16(20)17-9-10-21-14-7-5-12(2)6-8-14/h5-8,11H,3-4,9-10H2,1-2H3,(H,17,20)(H,18,19). The highest BCUT2D eigenvalue weighted by Crippen LogP contribution is 2.10. The molecule has 0 saturated carbocycles. The molecule has 5 heteroatoms. The summed E-state index contributed by atoms with van der Waals surface area (Å²) in [6.07, 6.45) is 1.92. The molecular formula is C16H21N3O2. The normalized spacial score (nSPS) is 10.4. The maximum atomic E-state index is 11.9. The maximum absolute atomic E-state index is 11.9. The number of rotatable bonds is 7. The third-order valence-electron chi connectivity index (χ3n) is 3.06. The van der Waals surface area contributed by atoms with Gasteiger partial charge in [-0.2, -0.15) is 5.10 Å². The summed E-state index contributed by atoms with van der Waals surface area (Å²) in [7, 11) is 0. The number of benzene rings is 1. The molecule has 2 aromatic rings. The smallest absolute Gasteiger partial charge is 0.271 e. The molecule has 0 atom stereocenters. The number of amides is 1. The van der Waals surface area contributed by atoms with Crippen LogP contribution in [0.5, 0.6) is 5.75 Å². The van der Waals surface area contributed by atoms with Crippen LogP contribution in [-0.4, -0.2) is 29.3 Å². The molecule has 5 nitrogen and oxygen atoms in total. The van der Waals surface area contributed by atoms with Crippen LogP contribution < -0.4 is 10.1 Å². The van der Waals surface area contributed by atoms with Gasteiger partial charge < -0.3 is 10.1 Å². The molecule has 2 N–H and O–H groups in total. The number of hydrogen-bond donors (Lipinski definition) is 2. The van der Waals surface area contributed by atoms with E-state index in [1.54, 1.807) is 6.07 Å². The molecule has 0 unspecified atom stereocenters. The summed E-state index contributed by atoms with van der Waals surface area (Å²) in [4.78, 5) is 11.9. The van der Waals surface area contributed by atoms with E-state index < -0.39 is 0 Å². The molecule has 1 amide bonds. The highest BCUT2D eigenvalue weighted by Gasteiger charge is 2.09. The van der Waals surface area contributed by atoms with E-state index in [1.807, 2.05) is 31.2 Å². The Morgan fingerprint density at radius 1 is 1.33 bits per heavy atom. The first-order valence-electron chi connectivity index (χ1n) is 7.21. The minimum atomic E-state index is -0.180. The predicted molar refractivity (Wildman–Crippen MR) is 81.6 cm³/mol. The largest absolute Gasteiger partial charge is 0.492 e. The van der Waals surface area contributed by atoms with Crippen molar-refractivity contribution in [2.75, 3.05) is 13.2 Å². The van der Waals surface area contributed by atoms with Gasteiger partial charge >= 0.3 is 0 Å². The predicted octanol–water partition coefficient (Wildman–Crippen LogP) is 2.48. The van der Waals surface area contributed by atoms with Gasteiger partial charge in [0.15, 0.2) is 0 Å². The molecule has 0 bridgehead atoms. The van der Waals surface area contributed by atoms with Crippen molar-refractivity contribution in [2.24, 2.45) is 0 Å². The zero-order valence-corrected chi connectivity index (χ0v) is 12.5. The van der Waals surface area contributed by atoms with Crippen LogP contribution in [0.3, 0.4) is 0 Å². The number of nitrogens with zero attached hydrogens (tertiary/aromatic N) is 1. The number of carbonyl (C=O) groups is 1. The van der Waals surface area contributed by atoms with Gasteiger partial charge in [0.05, 0.1) is 6.54 Å². The Morgan fingerprint density at radius 2 is 2.10 bits per heavy atom. The molecule has 0 aliphatic rings. The third kappa shape index (κ3) is 4.63. The molecular weight excluding hydrogens is 266 g/mol. The lowest BCUT2D eigenvalue weighted by molar-refractivity contribution is 0.0942. The van der Waals surface area contributed by atoms with Crippen molar-refractivity contribution in [3.05, 3.63) is 47.3 Å². The van der Waals surface area contributed by atoms with Crippen molar-refractivity contribution in [1.82, 2.24) is 15.5 Å². The summed E-state index contributed by atoms with van der Waals surface area (Å²) in [6, 6.07) is 9.61. The van der Waals surface area contributed by atoms with Crippen LogP contribution >= 0.6 is 0 Å². The van der Waals surface area contributed by atoms with Crippen LogP contribution in [0.1, 0.15) is 35.1 Å². The van der Waals surface area contributed by atoms with Crippen molar-refractivity contribution in [2.45, 2.75) is 26.7 Å². The van der Waals surface area contributed by atoms with Crippen molar-refractivity contribution in [3.8, 4) is 5.75 Å². The molecule has 0 radical (unpaired) electrons. The van der Waals surface area contributed by atoms with Gasteiger partial charge in [-0.3, -0.25) is 9.89 Å². The van der Waals surface area contributed by atoms with Crippen LogP contribution in [-0.2, 0) is 6.42 Å². The Kier molecular flexibility index (Phi) is 5.37. The summed E-state index contributed by atoms with van der Waals surface area (Å²) in [5.74, 6) is 0.626. The highest BCUT2D eigenvalue weighted by atomic mass is 16.5. The molecule has 112 valence electrons. The first kappa shape index (κ1) is 15.1. The lowest BCUT2D eigenvalue weighted by Crippen LogP contribution is -2.28. The second-order valence-corrected chi connectivity index (χ2v) is 4.95.